The molecular formula is C13H22N2O4S. The lowest BCUT2D eigenvalue weighted by Gasteiger charge is -2.20. The van der Waals surface area contributed by atoms with Gasteiger partial charge in [-0.3, -0.25) is 0 Å². The highest BCUT2D eigenvalue weighted by molar-refractivity contribution is 7.89. The van der Waals surface area contributed by atoms with E-state index in [1.165, 1.54) is 21.1 Å². The van der Waals surface area contributed by atoms with Crippen LogP contribution < -0.4 is 0 Å². The second-order valence-electron chi connectivity index (χ2n) is 4.56. The maximum absolute atomic E-state index is 12.5. The molecule has 20 heavy (non-hydrogen) atoms. The predicted octanol–water partition coefficient (Wildman–Crippen LogP) is 2.02. The fourth-order valence-corrected chi connectivity index (χ4v) is 3.73. The molecule has 0 aliphatic carbocycles. The van der Waals surface area contributed by atoms with Gasteiger partial charge < -0.3 is 9.67 Å². The maximum Gasteiger partial charge on any atom is 0.352 e. The number of aryl methyl sites for hydroxylation is 1. The molecule has 0 radical (unpaired) electrons. The summed E-state index contributed by atoms with van der Waals surface area (Å²) in [6.45, 7) is 6.90. The van der Waals surface area contributed by atoms with E-state index in [0.29, 0.717) is 19.6 Å². The number of sulfonamides is 1. The summed E-state index contributed by atoms with van der Waals surface area (Å²) in [5, 5.41) is 9.09. The molecule has 0 atom stereocenters. The number of aromatic carboxylic acids is 1. The summed E-state index contributed by atoms with van der Waals surface area (Å²) in [7, 11) is -3.62. The van der Waals surface area contributed by atoms with Gasteiger partial charge in [0.2, 0.25) is 10.0 Å². The zero-order valence-corrected chi connectivity index (χ0v) is 13.0. The van der Waals surface area contributed by atoms with Crippen LogP contribution in [0.1, 0.15) is 44.1 Å². The summed E-state index contributed by atoms with van der Waals surface area (Å²) in [5.74, 6) is -1.12. The van der Waals surface area contributed by atoms with Crippen molar-refractivity contribution in [2.75, 3.05) is 13.1 Å². The maximum atomic E-state index is 12.5. The Kier molecular flexibility index (Phi) is 5.76. The number of hydrogen-bond donors (Lipinski definition) is 1. The number of hydrogen-bond acceptors (Lipinski definition) is 3. The Balaban J connectivity index is 3.23. The lowest BCUT2D eigenvalue weighted by molar-refractivity contribution is 0.0685. The van der Waals surface area contributed by atoms with Crippen molar-refractivity contribution in [2.24, 2.45) is 0 Å². The normalized spacial score (nSPS) is 12.0. The topological polar surface area (TPSA) is 79.6 Å². The highest BCUT2D eigenvalue weighted by atomic mass is 32.2. The number of carboxylic acids is 1. The van der Waals surface area contributed by atoms with Crippen molar-refractivity contribution in [1.29, 1.82) is 0 Å². The molecule has 1 heterocycles. The molecule has 0 bridgehead atoms. The molecule has 0 amide bonds. The Morgan fingerprint density at radius 2 is 1.80 bits per heavy atom. The molecule has 0 unspecified atom stereocenters. The molecule has 1 aromatic rings. The molecule has 0 fully saturated rings. The predicted molar refractivity (Wildman–Crippen MR) is 76.4 cm³/mol. The van der Waals surface area contributed by atoms with E-state index in [2.05, 4.69) is 0 Å². The van der Waals surface area contributed by atoms with Crippen molar-refractivity contribution >= 4 is 16.0 Å². The van der Waals surface area contributed by atoms with Gasteiger partial charge >= 0.3 is 5.97 Å². The van der Waals surface area contributed by atoms with Gasteiger partial charge in [0.15, 0.2) is 0 Å². The van der Waals surface area contributed by atoms with Gasteiger partial charge in [-0.15, -0.1) is 0 Å². The van der Waals surface area contributed by atoms with Gasteiger partial charge in [0.05, 0.1) is 0 Å². The highest BCUT2D eigenvalue weighted by Crippen LogP contribution is 2.20. The van der Waals surface area contributed by atoms with E-state index in [0.717, 1.165) is 12.8 Å². The summed E-state index contributed by atoms with van der Waals surface area (Å²) in [4.78, 5) is 11.2. The van der Waals surface area contributed by atoms with Crippen LogP contribution in [0, 0.1) is 0 Å². The Hall–Kier alpha value is -1.34. The van der Waals surface area contributed by atoms with Crippen molar-refractivity contribution in [1.82, 2.24) is 8.87 Å². The minimum absolute atomic E-state index is 0.000906. The lowest BCUT2D eigenvalue weighted by atomic mass is 10.4. The molecule has 114 valence electrons. The Morgan fingerprint density at radius 1 is 1.25 bits per heavy atom. The van der Waals surface area contributed by atoms with Crippen LogP contribution in [0.2, 0.25) is 0 Å². The molecule has 0 spiro atoms. The Bertz CT molecular complexity index is 557. The van der Waals surface area contributed by atoms with E-state index >= 15 is 0 Å². The van der Waals surface area contributed by atoms with Gasteiger partial charge in [-0.2, -0.15) is 4.31 Å². The third-order valence-corrected chi connectivity index (χ3v) is 4.88. The second kappa shape index (κ2) is 6.90. The summed E-state index contributed by atoms with van der Waals surface area (Å²) in [6, 6.07) is 1.24. The summed E-state index contributed by atoms with van der Waals surface area (Å²) in [5.41, 5.74) is -0.000906. The lowest BCUT2D eigenvalue weighted by Crippen LogP contribution is -2.32. The minimum Gasteiger partial charge on any atom is -0.477 e. The summed E-state index contributed by atoms with van der Waals surface area (Å²) in [6.07, 6.45) is 2.84. The van der Waals surface area contributed by atoms with E-state index < -0.39 is 16.0 Å². The van der Waals surface area contributed by atoms with Gasteiger partial charge in [0, 0.05) is 25.8 Å². The molecule has 0 aliphatic heterocycles. The molecule has 7 heteroatoms. The van der Waals surface area contributed by atoms with Crippen LogP contribution >= 0.6 is 0 Å². The fraction of sp³-hybridized carbons (Fsp3) is 0.615. The van der Waals surface area contributed by atoms with Crippen molar-refractivity contribution in [2.45, 2.75) is 45.1 Å². The molecule has 1 rings (SSSR count). The summed E-state index contributed by atoms with van der Waals surface area (Å²) < 4.78 is 27.9. The first-order valence-electron chi connectivity index (χ1n) is 6.82. The smallest absolute Gasteiger partial charge is 0.352 e. The van der Waals surface area contributed by atoms with Crippen LogP contribution in [0.15, 0.2) is 17.2 Å². The van der Waals surface area contributed by atoms with E-state index in [9.17, 15) is 13.2 Å². The van der Waals surface area contributed by atoms with Crippen molar-refractivity contribution < 1.29 is 18.3 Å². The van der Waals surface area contributed by atoms with Gasteiger partial charge in [-0.05, 0) is 25.8 Å². The third kappa shape index (κ3) is 3.40. The molecule has 1 N–H and O–H groups in total. The van der Waals surface area contributed by atoms with Crippen molar-refractivity contribution in [3.8, 4) is 0 Å². The largest absolute Gasteiger partial charge is 0.477 e. The average Bonchev–Trinajstić information content (AvgIpc) is 2.83. The first kappa shape index (κ1) is 16.7. The van der Waals surface area contributed by atoms with E-state index in [1.54, 1.807) is 6.92 Å². The van der Waals surface area contributed by atoms with Crippen LogP contribution in [-0.2, 0) is 16.6 Å². The van der Waals surface area contributed by atoms with Crippen LogP contribution in [0.25, 0.3) is 0 Å². The van der Waals surface area contributed by atoms with Gasteiger partial charge in [0.1, 0.15) is 10.6 Å². The monoisotopic (exact) mass is 302 g/mol. The molecule has 0 aliphatic rings. The van der Waals surface area contributed by atoms with Gasteiger partial charge in [-0.1, -0.05) is 13.8 Å². The third-order valence-electron chi connectivity index (χ3n) is 3.02. The van der Waals surface area contributed by atoms with Crippen molar-refractivity contribution in [3.63, 3.8) is 0 Å². The molecule has 0 aromatic carbocycles. The first-order chi connectivity index (χ1) is 9.38. The first-order valence-corrected chi connectivity index (χ1v) is 8.26. The fourth-order valence-electron chi connectivity index (χ4n) is 2.07. The number of carbonyl (C=O) groups is 1. The molecule has 0 saturated carbocycles. The Labute approximate surface area is 120 Å². The minimum atomic E-state index is -3.62. The van der Waals surface area contributed by atoms with E-state index in [4.69, 9.17) is 5.11 Å². The van der Waals surface area contributed by atoms with Crippen LogP contribution in [-0.4, -0.2) is 41.5 Å². The van der Waals surface area contributed by atoms with Crippen LogP contribution in [0.5, 0.6) is 0 Å². The SMILES string of the molecule is CCCN(CCC)S(=O)(=O)c1cc(C(=O)O)n(CC)c1. The van der Waals surface area contributed by atoms with E-state index in [1.807, 2.05) is 13.8 Å². The number of rotatable bonds is 8. The quantitative estimate of drug-likeness (QED) is 0.796. The van der Waals surface area contributed by atoms with E-state index in [-0.39, 0.29) is 10.6 Å². The van der Waals surface area contributed by atoms with Crippen LogP contribution in [0.4, 0.5) is 0 Å². The zero-order chi connectivity index (χ0) is 15.3. The standard InChI is InChI=1S/C13H22N2O4S/c1-4-7-15(8-5-2)20(18,19)11-9-12(13(16)17)14(6-3)10-11/h9-10H,4-8H2,1-3H3,(H,16,17). The molecular weight excluding hydrogens is 280 g/mol. The number of carboxylic acid groups (broad SMARTS) is 1. The average molecular weight is 302 g/mol. The Morgan fingerprint density at radius 3 is 2.15 bits per heavy atom. The number of nitrogens with zero attached hydrogens (tertiary/aromatic N) is 2. The highest BCUT2D eigenvalue weighted by Gasteiger charge is 2.26. The van der Waals surface area contributed by atoms with Gasteiger partial charge in [-0.25, -0.2) is 13.2 Å². The molecule has 1 aromatic heterocycles. The van der Waals surface area contributed by atoms with Gasteiger partial charge in [0.25, 0.3) is 0 Å². The second-order valence-corrected chi connectivity index (χ2v) is 6.49. The summed E-state index contributed by atoms with van der Waals surface area (Å²) >= 11 is 0. The molecule has 0 saturated heterocycles. The number of aromatic nitrogens is 1. The zero-order valence-electron chi connectivity index (χ0n) is 12.2. The molecule has 6 nitrogen and oxygen atoms in total. The van der Waals surface area contributed by atoms with Crippen molar-refractivity contribution in [3.05, 3.63) is 18.0 Å². The van der Waals surface area contributed by atoms with Crippen LogP contribution in [0.3, 0.4) is 0 Å².